The molecule has 2 aromatic carbocycles. The number of dihydropyridines is 1. The first kappa shape index (κ1) is 20.3. The number of hydrogen-bond acceptors (Lipinski definition) is 2. The van der Waals surface area contributed by atoms with Crippen LogP contribution >= 0.6 is 24.2 Å². The Morgan fingerprint density at radius 3 is 2.45 bits per heavy atom. The lowest BCUT2D eigenvalue weighted by Crippen LogP contribution is -2.38. The summed E-state index contributed by atoms with van der Waals surface area (Å²) in [6.07, 6.45) is 13.4. The molecular formula is C26H26ClNS. The van der Waals surface area contributed by atoms with Crippen LogP contribution in [-0.2, 0) is 6.42 Å². The van der Waals surface area contributed by atoms with E-state index in [0.29, 0.717) is 17.1 Å². The summed E-state index contributed by atoms with van der Waals surface area (Å²) >= 11 is 2.09. The van der Waals surface area contributed by atoms with E-state index in [0.717, 1.165) is 6.42 Å². The van der Waals surface area contributed by atoms with Gasteiger partial charge in [-0.05, 0) is 42.0 Å². The molecule has 0 amide bonds. The largest absolute Gasteiger partial charge is 0.260 e. The van der Waals surface area contributed by atoms with E-state index < -0.39 is 0 Å². The molecule has 3 aliphatic rings. The summed E-state index contributed by atoms with van der Waals surface area (Å²) in [5.41, 5.74) is 4.05. The Labute approximate surface area is 184 Å². The number of halogens is 1. The minimum Gasteiger partial charge on any atom is -0.260 e. The van der Waals surface area contributed by atoms with E-state index in [9.17, 15) is 0 Å². The molecule has 1 aliphatic carbocycles. The first-order valence-electron chi connectivity index (χ1n) is 10.2. The van der Waals surface area contributed by atoms with Crippen molar-refractivity contribution >= 4 is 30.4 Å². The van der Waals surface area contributed by atoms with Gasteiger partial charge in [0.05, 0.1) is 11.1 Å². The summed E-state index contributed by atoms with van der Waals surface area (Å²) in [6, 6.07) is 21.9. The van der Waals surface area contributed by atoms with Gasteiger partial charge < -0.3 is 0 Å². The van der Waals surface area contributed by atoms with Gasteiger partial charge in [-0.2, -0.15) is 0 Å². The minimum atomic E-state index is -0.0170. The topological polar surface area (TPSA) is 12.4 Å². The summed E-state index contributed by atoms with van der Waals surface area (Å²) in [5.74, 6) is 0.882. The van der Waals surface area contributed by atoms with Crippen molar-refractivity contribution in [2.45, 2.75) is 30.9 Å². The van der Waals surface area contributed by atoms with Crippen molar-refractivity contribution < 1.29 is 0 Å². The number of allylic oxidation sites excluding steroid dienone is 5. The molecule has 4 atom stereocenters. The smallest absolute Gasteiger partial charge is 0.0574 e. The van der Waals surface area contributed by atoms with E-state index in [1.54, 1.807) is 0 Å². The average Bonchev–Trinajstić information content (AvgIpc) is 3.04. The Kier molecular flexibility index (Phi) is 5.85. The molecule has 5 rings (SSSR count). The van der Waals surface area contributed by atoms with Crippen LogP contribution < -0.4 is 0 Å². The van der Waals surface area contributed by atoms with Gasteiger partial charge in [0.15, 0.2) is 0 Å². The van der Waals surface area contributed by atoms with Crippen LogP contribution in [0.15, 0.2) is 101 Å². The monoisotopic (exact) mass is 419 g/mol. The molecular weight excluding hydrogens is 394 g/mol. The molecule has 2 aromatic rings. The molecule has 0 saturated carbocycles. The van der Waals surface area contributed by atoms with Gasteiger partial charge in [-0.1, -0.05) is 79.7 Å². The second kappa shape index (κ2) is 8.38. The normalized spacial score (nSPS) is 29.3. The average molecular weight is 420 g/mol. The Bertz CT molecular complexity index is 976. The van der Waals surface area contributed by atoms with Crippen LogP contribution in [0.5, 0.6) is 0 Å². The lowest BCUT2D eigenvalue weighted by Gasteiger charge is -2.44. The van der Waals surface area contributed by atoms with Gasteiger partial charge in [0.2, 0.25) is 0 Å². The maximum Gasteiger partial charge on any atom is 0.0574 e. The zero-order chi connectivity index (χ0) is 19.0. The number of rotatable bonds is 4. The van der Waals surface area contributed by atoms with Crippen LogP contribution in [0.3, 0.4) is 0 Å². The highest BCUT2D eigenvalue weighted by molar-refractivity contribution is 8.04. The maximum atomic E-state index is 4.86. The highest BCUT2D eigenvalue weighted by Crippen LogP contribution is 2.67. The third kappa shape index (κ3) is 3.33. The third-order valence-corrected chi connectivity index (χ3v) is 8.27. The van der Waals surface area contributed by atoms with E-state index in [4.69, 9.17) is 4.99 Å². The van der Waals surface area contributed by atoms with Crippen molar-refractivity contribution in [1.29, 1.82) is 0 Å². The molecule has 2 aliphatic heterocycles. The fourth-order valence-corrected chi connectivity index (χ4v) is 6.92. The number of nitrogens with zero attached hydrogens (tertiary/aromatic N) is 1. The van der Waals surface area contributed by atoms with Crippen molar-refractivity contribution in [3.63, 3.8) is 0 Å². The molecule has 1 saturated heterocycles. The highest BCUT2D eigenvalue weighted by atomic mass is 35.5. The fraction of sp³-hybridized carbons (Fsp3) is 0.269. The molecule has 1 fully saturated rings. The highest BCUT2D eigenvalue weighted by Gasteiger charge is 2.57. The molecule has 1 nitrogen and oxygen atoms in total. The van der Waals surface area contributed by atoms with Crippen LogP contribution in [0.25, 0.3) is 0 Å². The third-order valence-electron chi connectivity index (χ3n) is 6.59. The van der Waals surface area contributed by atoms with Gasteiger partial charge in [-0.3, -0.25) is 4.99 Å². The van der Waals surface area contributed by atoms with Crippen LogP contribution in [0.1, 0.15) is 30.4 Å². The number of aryl methyl sites for hydroxylation is 1. The first-order chi connectivity index (χ1) is 13.8. The summed E-state index contributed by atoms with van der Waals surface area (Å²) < 4.78 is 0. The molecule has 4 unspecified atom stereocenters. The SMILES string of the molecule is CC1C(CCc2ccccc2)SC2=CC=NC3=CC=CC(c4ccccc4)C321.Cl. The molecule has 29 heavy (non-hydrogen) atoms. The molecule has 0 radical (unpaired) electrons. The summed E-state index contributed by atoms with van der Waals surface area (Å²) in [4.78, 5) is 6.36. The van der Waals surface area contributed by atoms with Gasteiger partial charge in [0.1, 0.15) is 0 Å². The Balaban J connectivity index is 0.00000205. The summed E-state index contributed by atoms with van der Waals surface area (Å²) in [5, 5.41) is 0.606. The van der Waals surface area contributed by atoms with Crippen LogP contribution in [0.4, 0.5) is 0 Å². The first-order valence-corrected chi connectivity index (χ1v) is 11.1. The second-order valence-corrected chi connectivity index (χ2v) is 9.25. The number of aliphatic imine (C=N–C) groups is 1. The van der Waals surface area contributed by atoms with E-state index in [2.05, 4.69) is 104 Å². The van der Waals surface area contributed by atoms with Crippen LogP contribution in [0.2, 0.25) is 0 Å². The zero-order valence-corrected chi connectivity index (χ0v) is 18.2. The minimum absolute atomic E-state index is 0. The number of thioether (sulfide) groups is 1. The van der Waals surface area contributed by atoms with Crippen molar-refractivity contribution in [2.24, 2.45) is 16.3 Å². The predicted molar refractivity (Wildman–Crippen MR) is 128 cm³/mol. The number of hydrogen-bond donors (Lipinski definition) is 0. The van der Waals surface area contributed by atoms with E-state index in [1.165, 1.54) is 28.1 Å². The standard InChI is InChI=1S/C26H25NS.ClH/c1-19-23(16-15-20-9-4-2-5-10-20)28-25-17-18-27-24-14-8-13-22(26(19,24)25)21-11-6-3-7-12-21;/h2-14,17-19,22-23H,15-16H2,1H3;1H. The predicted octanol–water partition coefficient (Wildman–Crippen LogP) is 6.98. The molecule has 148 valence electrons. The lowest BCUT2D eigenvalue weighted by atomic mass is 9.59. The van der Waals surface area contributed by atoms with Gasteiger partial charge in [-0.25, -0.2) is 0 Å². The van der Waals surface area contributed by atoms with Crippen LogP contribution in [-0.4, -0.2) is 11.5 Å². The van der Waals surface area contributed by atoms with Crippen LogP contribution in [0, 0.1) is 11.3 Å². The van der Waals surface area contributed by atoms with E-state index in [1.807, 2.05) is 6.21 Å². The molecule has 2 heterocycles. The second-order valence-electron chi connectivity index (χ2n) is 7.97. The summed E-state index contributed by atoms with van der Waals surface area (Å²) in [7, 11) is 0. The molecule has 0 bridgehead atoms. The van der Waals surface area contributed by atoms with Gasteiger partial charge in [-0.15, -0.1) is 24.2 Å². The Hall–Kier alpha value is -2.03. The van der Waals surface area contributed by atoms with Gasteiger partial charge in [0.25, 0.3) is 0 Å². The maximum absolute atomic E-state index is 4.86. The summed E-state index contributed by atoms with van der Waals surface area (Å²) in [6.45, 7) is 2.45. The zero-order valence-electron chi connectivity index (χ0n) is 16.6. The number of benzene rings is 2. The Morgan fingerprint density at radius 1 is 0.966 bits per heavy atom. The van der Waals surface area contributed by atoms with Crippen molar-refractivity contribution in [3.8, 4) is 0 Å². The van der Waals surface area contributed by atoms with Crippen molar-refractivity contribution in [1.82, 2.24) is 0 Å². The van der Waals surface area contributed by atoms with Crippen molar-refractivity contribution in [2.75, 3.05) is 0 Å². The fourth-order valence-electron chi connectivity index (χ4n) is 5.19. The molecule has 0 aromatic heterocycles. The quantitative estimate of drug-likeness (QED) is 0.520. The lowest BCUT2D eigenvalue weighted by molar-refractivity contribution is 0.263. The van der Waals surface area contributed by atoms with E-state index >= 15 is 0 Å². The molecule has 0 N–H and O–H groups in total. The van der Waals surface area contributed by atoms with Gasteiger partial charge in [0, 0.05) is 22.3 Å². The van der Waals surface area contributed by atoms with Crippen molar-refractivity contribution in [3.05, 3.63) is 107 Å². The Morgan fingerprint density at radius 2 is 1.69 bits per heavy atom. The molecule has 3 heteroatoms. The van der Waals surface area contributed by atoms with E-state index in [-0.39, 0.29) is 17.8 Å². The molecule has 1 spiro atoms. The van der Waals surface area contributed by atoms with Gasteiger partial charge >= 0.3 is 0 Å².